The molecular weight excluding hydrogens is 168 g/mol. The third kappa shape index (κ3) is 0.932. The Labute approximate surface area is 66.9 Å². The number of amidine groups is 2. The van der Waals surface area contributed by atoms with Crippen molar-refractivity contribution in [1.29, 1.82) is 0 Å². The second kappa shape index (κ2) is 2.13. The summed E-state index contributed by atoms with van der Waals surface area (Å²) in [5.41, 5.74) is 0. The van der Waals surface area contributed by atoms with Crippen LogP contribution in [0.1, 0.15) is 0 Å². The first-order chi connectivity index (χ1) is 5.27. The van der Waals surface area contributed by atoms with Crippen molar-refractivity contribution in [2.24, 2.45) is 15.0 Å². The van der Waals surface area contributed by atoms with Gasteiger partial charge in [-0.1, -0.05) is 0 Å². The molecule has 0 saturated heterocycles. The zero-order chi connectivity index (χ0) is 7.84. The summed E-state index contributed by atoms with van der Waals surface area (Å²) in [5.74, 6) is 0.0799. The highest BCUT2D eigenvalue weighted by Crippen LogP contribution is 2.08. The SMILES string of the molecule is O=C1NC(Cl)=NC2=NC=NC12. The Bertz CT molecular complexity index is 306. The summed E-state index contributed by atoms with van der Waals surface area (Å²) in [5, 5.41) is 2.38. The highest BCUT2D eigenvalue weighted by atomic mass is 35.5. The van der Waals surface area contributed by atoms with Crippen LogP contribution in [0.25, 0.3) is 0 Å². The Morgan fingerprint density at radius 1 is 1.64 bits per heavy atom. The molecular formula is C5H3ClN4O. The molecule has 6 heteroatoms. The Hall–Kier alpha value is -1.23. The maximum atomic E-state index is 11.0. The molecule has 1 atom stereocenters. The van der Waals surface area contributed by atoms with Gasteiger partial charge in [-0.3, -0.25) is 15.1 Å². The number of halogens is 1. The van der Waals surface area contributed by atoms with Gasteiger partial charge in [0.1, 0.15) is 6.34 Å². The highest BCUT2D eigenvalue weighted by molar-refractivity contribution is 6.67. The smallest absolute Gasteiger partial charge is 0.258 e. The van der Waals surface area contributed by atoms with Crippen molar-refractivity contribution in [1.82, 2.24) is 5.32 Å². The second-order valence-electron chi connectivity index (χ2n) is 2.05. The molecule has 2 heterocycles. The van der Waals surface area contributed by atoms with Crippen LogP contribution in [0, 0.1) is 0 Å². The predicted octanol–water partition coefficient (Wildman–Crippen LogP) is -0.480. The van der Waals surface area contributed by atoms with Gasteiger partial charge in [-0.05, 0) is 11.6 Å². The number of carbonyl (C=O) groups is 1. The maximum Gasteiger partial charge on any atom is 0.258 e. The number of aliphatic imine (C=N–C) groups is 3. The van der Waals surface area contributed by atoms with Gasteiger partial charge in [0.15, 0.2) is 11.9 Å². The Kier molecular flexibility index (Phi) is 1.25. The molecule has 0 aromatic heterocycles. The minimum absolute atomic E-state index is 0.0514. The molecule has 0 bridgehead atoms. The first-order valence-electron chi connectivity index (χ1n) is 2.92. The fraction of sp³-hybridized carbons (Fsp3) is 0.200. The van der Waals surface area contributed by atoms with Crippen molar-refractivity contribution in [3.8, 4) is 0 Å². The van der Waals surface area contributed by atoms with Gasteiger partial charge >= 0.3 is 0 Å². The molecule has 1 unspecified atom stereocenters. The van der Waals surface area contributed by atoms with Crippen LogP contribution in [0.3, 0.4) is 0 Å². The first kappa shape index (κ1) is 6.48. The third-order valence-corrected chi connectivity index (χ3v) is 1.52. The normalized spacial score (nSPS) is 27.4. The molecule has 0 spiro atoms. The van der Waals surface area contributed by atoms with Gasteiger partial charge in [-0.2, -0.15) is 0 Å². The lowest BCUT2D eigenvalue weighted by molar-refractivity contribution is -0.119. The summed E-state index contributed by atoms with van der Waals surface area (Å²) in [7, 11) is 0. The van der Waals surface area contributed by atoms with Gasteiger partial charge in [0.25, 0.3) is 5.91 Å². The number of hydrogen-bond donors (Lipinski definition) is 1. The third-order valence-electron chi connectivity index (χ3n) is 1.34. The lowest BCUT2D eigenvalue weighted by Crippen LogP contribution is -2.43. The number of hydrogen-bond acceptors (Lipinski definition) is 4. The van der Waals surface area contributed by atoms with Crippen LogP contribution >= 0.6 is 11.6 Å². The minimum Gasteiger partial charge on any atom is -0.298 e. The standard InChI is InChI=1S/C5H3ClN4O/c6-5-9-3-2(4(11)10-5)7-1-8-3/h1-2H,(H,7,8,9,10,11). The van der Waals surface area contributed by atoms with E-state index in [1.165, 1.54) is 6.34 Å². The van der Waals surface area contributed by atoms with Crippen LogP contribution in [-0.4, -0.2) is 29.4 Å². The Morgan fingerprint density at radius 3 is 3.27 bits per heavy atom. The van der Waals surface area contributed by atoms with E-state index in [1.54, 1.807) is 0 Å². The number of nitrogens with one attached hydrogen (secondary N) is 1. The van der Waals surface area contributed by atoms with Crippen LogP contribution < -0.4 is 5.32 Å². The van der Waals surface area contributed by atoms with E-state index in [2.05, 4.69) is 20.3 Å². The largest absolute Gasteiger partial charge is 0.298 e. The van der Waals surface area contributed by atoms with E-state index in [-0.39, 0.29) is 11.2 Å². The van der Waals surface area contributed by atoms with Crippen LogP contribution in [0.4, 0.5) is 0 Å². The zero-order valence-corrected chi connectivity index (χ0v) is 6.04. The molecule has 2 aliphatic rings. The number of fused-ring (bicyclic) bond motifs is 1. The molecule has 0 aromatic rings. The summed E-state index contributed by atoms with van der Waals surface area (Å²) in [4.78, 5) is 22.3. The number of amides is 1. The second-order valence-corrected chi connectivity index (χ2v) is 2.40. The lowest BCUT2D eigenvalue weighted by atomic mass is 10.2. The number of nitrogens with zero attached hydrogens (tertiary/aromatic N) is 3. The average molecular weight is 171 g/mol. The quantitative estimate of drug-likeness (QED) is 0.491. The topological polar surface area (TPSA) is 66.2 Å². The van der Waals surface area contributed by atoms with E-state index in [4.69, 9.17) is 11.6 Å². The van der Waals surface area contributed by atoms with E-state index in [9.17, 15) is 4.79 Å². The fourth-order valence-corrected chi connectivity index (χ4v) is 1.05. The van der Waals surface area contributed by atoms with Crippen molar-refractivity contribution >= 4 is 35.0 Å². The first-order valence-corrected chi connectivity index (χ1v) is 3.29. The molecule has 56 valence electrons. The van der Waals surface area contributed by atoms with Crippen molar-refractivity contribution in [3.63, 3.8) is 0 Å². The maximum absolute atomic E-state index is 11.0. The van der Waals surface area contributed by atoms with Crippen molar-refractivity contribution in [2.45, 2.75) is 6.04 Å². The van der Waals surface area contributed by atoms with E-state index in [0.29, 0.717) is 5.84 Å². The summed E-state index contributed by atoms with van der Waals surface area (Å²) in [6, 6.07) is -0.586. The Balaban J connectivity index is 2.42. The number of carbonyl (C=O) groups excluding carboxylic acids is 1. The molecule has 0 fully saturated rings. The molecule has 1 N–H and O–H groups in total. The van der Waals surface area contributed by atoms with Gasteiger partial charge in [0, 0.05) is 0 Å². The van der Waals surface area contributed by atoms with Gasteiger partial charge in [0.2, 0.25) is 5.29 Å². The van der Waals surface area contributed by atoms with E-state index in [1.807, 2.05) is 0 Å². The summed E-state index contributed by atoms with van der Waals surface area (Å²) in [6.07, 6.45) is 1.30. The molecule has 0 saturated carbocycles. The Morgan fingerprint density at radius 2 is 2.45 bits per heavy atom. The van der Waals surface area contributed by atoms with Crippen molar-refractivity contribution in [3.05, 3.63) is 0 Å². The van der Waals surface area contributed by atoms with Crippen LogP contribution in [0.15, 0.2) is 15.0 Å². The van der Waals surface area contributed by atoms with Gasteiger partial charge in [-0.25, -0.2) is 9.98 Å². The van der Waals surface area contributed by atoms with E-state index < -0.39 is 6.04 Å². The zero-order valence-electron chi connectivity index (χ0n) is 5.28. The van der Waals surface area contributed by atoms with Gasteiger partial charge in [-0.15, -0.1) is 0 Å². The van der Waals surface area contributed by atoms with Gasteiger partial charge < -0.3 is 0 Å². The molecule has 1 amide bonds. The molecule has 0 aliphatic carbocycles. The molecule has 2 rings (SSSR count). The minimum atomic E-state index is -0.586. The van der Waals surface area contributed by atoms with Crippen LogP contribution in [0.2, 0.25) is 0 Å². The molecule has 0 aromatic carbocycles. The molecule has 2 aliphatic heterocycles. The average Bonchev–Trinajstić information content (AvgIpc) is 2.34. The van der Waals surface area contributed by atoms with Crippen LogP contribution in [-0.2, 0) is 4.79 Å². The van der Waals surface area contributed by atoms with Crippen molar-refractivity contribution < 1.29 is 4.79 Å². The van der Waals surface area contributed by atoms with Crippen molar-refractivity contribution in [2.75, 3.05) is 0 Å². The van der Waals surface area contributed by atoms with Crippen LogP contribution in [0.5, 0.6) is 0 Å². The van der Waals surface area contributed by atoms with E-state index >= 15 is 0 Å². The fourth-order valence-electron chi connectivity index (χ4n) is 0.870. The summed E-state index contributed by atoms with van der Waals surface area (Å²) in [6.45, 7) is 0. The predicted molar refractivity (Wildman–Crippen MR) is 41.1 cm³/mol. The molecule has 0 radical (unpaired) electrons. The van der Waals surface area contributed by atoms with Gasteiger partial charge in [0.05, 0.1) is 0 Å². The summed E-state index contributed by atoms with van der Waals surface area (Å²) < 4.78 is 0. The lowest BCUT2D eigenvalue weighted by Gasteiger charge is -2.12. The number of rotatable bonds is 0. The highest BCUT2D eigenvalue weighted by Gasteiger charge is 2.30. The van der Waals surface area contributed by atoms with E-state index in [0.717, 1.165) is 0 Å². The molecule has 5 nitrogen and oxygen atoms in total. The monoisotopic (exact) mass is 170 g/mol. The molecule has 11 heavy (non-hydrogen) atoms. The summed E-state index contributed by atoms with van der Waals surface area (Å²) >= 11 is 5.46.